The summed E-state index contributed by atoms with van der Waals surface area (Å²) in [5, 5.41) is 2.52. The smallest absolute Gasteiger partial charge is 0.262 e. The fraction of sp³-hybridized carbons (Fsp3) is 0.300. The van der Waals surface area contributed by atoms with Crippen LogP contribution in [0.3, 0.4) is 0 Å². The second-order valence-electron chi connectivity index (χ2n) is 6.65. The maximum Gasteiger partial charge on any atom is 0.262 e. The van der Waals surface area contributed by atoms with E-state index in [0.717, 1.165) is 5.56 Å². The van der Waals surface area contributed by atoms with Crippen LogP contribution in [0.1, 0.15) is 12.0 Å². The number of likely N-dealkylation sites (N-methyl/N-ethyl adjacent to an activating group) is 1. The predicted octanol–water partition coefficient (Wildman–Crippen LogP) is 1.20. The van der Waals surface area contributed by atoms with E-state index < -0.39 is 16.1 Å². The van der Waals surface area contributed by atoms with E-state index in [1.54, 1.807) is 36.4 Å². The normalized spacial score (nSPS) is 15.9. The molecule has 154 valence electrons. The monoisotopic (exact) mass is 417 g/mol. The van der Waals surface area contributed by atoms with Crippen molar-refractivity contribution in [3.63, 3.8) is 0 Å². The molecule has 0 fully saturated rings. The van der Waals surface area contributed by atoms with Crippen molar-refractivity contribution in [2.75, 3.05) is 25.0 Å². The van der Waals surface area contributed by atoms with Crippen molar-refractivity contribution in [3.05, 3.63) is 54.1 Å². The fourth-order valence-corrected chi connectivity index (χ4v) is 4.03. The Labute approximate surface area is 169 Å². The number of rotatable bonds is 6. The Balaban J connectivity index is 1.68. The van der Waals surface area contributed by atoms with Gasteiger partial charge in [-0.05, 0) is 31.2 Å². The van der Waals surface area contributed by atoms with Crippen LogP contribution < -0.4 is 19.7 Å². The summed E-state index contributed by atoms with van der Waals surface area (Å²) in [6.07, 6.45) is -0.886. The molecule has 0 saturated heterocycles. The number of amides is 2. The predicted molar refractivity (Wildman–Crippen MR) is 108 cm³/mol. The molecule has 3 rings (SSSR count). The number of carbonyl (C=O) groups is 2. The maximum absolute atomic E-state index is 12.8. The van der Waals surface area contributed by atoms with Gasteiger partial charge < -0.3 is 15.0 Å². The van der Waals surface area contributed by atoms with Crippen LogP contribution in [0.4, 0.5) is 5.69 Å². The maximum atomic E-state index is 12.8. The number of fused-ring (bicyclic) bond motifs is 1. The third kappa shape index (κ3) is 4.75. The zero-order chi connectivity index (χ0) is 21.0. The third-order valence-electron chi connectivity index (χ3n) is 4.58. The molecule has 1 heterocycles. The van der Waals surface area contributed by atoms with E-state index in [1.165, 1.54) is 24.1 Å². The van der Waals surface area contributed by atoms with Gasteiger partial charge in [0.1, 0.15) is 5.75 Å². The number of benzene rings is 2. The van der Waals surface area contributed by atoms with Crippen molar-refractivity contribution >= 4 is 27.5 Å². The second kappa shape index (κ2) is 8.62. The van der Waals surface area contributed by atoms with Crippen molar-refractivity contribution in [1.82, 2.24) is 10.0 Å². The number of hydrogen-bond donors (Lipinski definition) is 2. The number of anilines is 1. The molecule has 2 N–H and O–H groups in total. The average molecular weight is 417 g/mol. The van der Waals surface area contributed by atoms with Gasteiger partial charge >= 0.3 is 0 Å². The lowest BCUT2D eigenvalue weighted by atomic mass is 10.1. The van der Waals surface area contributed by atoms with Crippen molar-refractivity contribution in [2.24, 2.45) is 0 Å². The first-order valence-corrected chi connectivity index (χ1v) is 10.6. The van der Waals surface area contributed by atoms with Crippen LogP contribution in [-0.2, 0) is 19.6 Å². The van der Waals surface area contributed by atoms with Crippen molar-refractivity contribution in [2.45, 2.75) is 24.3 Å². The number of carbonyl (C=O) groups excluding carboxylic acids is 2. The van der Waals surface area contributed by atoms with Crippen LogP contribution in [0.2, 0.25) is 0 Å². The molecule has 0 aliphatic carbocycles. The van der Waals surface area contributed by atoms with E-state index in [-0.39, 0.29) is 36.2 Å². The zero-order valence-corrected chi connectivity index (χ0v) is 17.0. The van der Waals surface area contributed by atoms with Gasteiger partial charge in [-0.1, -0.05) is 29.8 Å². The zero-order valence-electron chi connectivity index (χ0n) is 16.2. The Bertz CT molecular complexity index is 1010. The standard InChI is InChI=1S/C20H23N3O5S/c1-14-7-9-15(10-8-14)29(26,27)22-12-11-19(24)23-13-18(20(25)21-2)28-17-6-4-3-5-16(17)23/h3-10,18,22H,11-13H2,1-2H3,(H,21,25)/t18-/m0/s1. The largest absolute Gasteiger partial charge is 0.477 e. The molecule has 1 aliphatic heterocycles. The summed E-state index contributed by atoms with van der Waals surface area (Å²) >= 11 is 0. The van der Waals surface area contributed by atoms with Crippen LogP contribution in [-0.4, -0.2) is 46.5 Å². The number of ether oxygens (including phenoxy) is 1. The van der Waals surface area contributed by atoms with Crippen molar-refractivity contribution in [3.8, 4) is 5.75 Å². The van der Waals surface area contributed by atoms with Gasteiger partial charge in [0.25, 0.3) is 5.91 Å². The summed E-state index contributed by atoms with van der Waals surface area (Å²) in [4.78, 5) is 26.4. The van der Waals surface area contributed by atoms with Crippen molar-refractivity contribution < 1.29 is 22.7 Å². The molecule has 2 aromatic rings. The summed E-state index contributed by atoms with van der Waals surface area (Å²) in [6, 6.07) is 13.4. The fourth-order valence-electron chi connectivity index (χ4n) is 3.00. The van der Waals surface area contributed by atoms with Crippen LogP contribution in [0, 0.1) is 6.92 Å². The molecule has 2 aromatic carbocycles. The van der Waals surface area contributed by atoms with Crippen LogP contribution >= 0.6 is 0 Å². The molecule has 0 radical (unpaired) electrons. The van der Waals surface area contributed by atoms with E-state index in [1.807, 2.05) is 6.92 Å². The number of sulfonamides is 1. The van der Waals surface area contributed by atoms with Crippen LogP contribution in [0.5, 0.6) is 5.75 Å². The summed E-state index contributed by atoms with van der Waals surface area (Å²) in [5.41, 5.74) is 1.51. The molecular weight excluding hydrogens is 394 g/mol. The number of nitrogens with one attached hydrogen (secondary N) is 2. The summed E-state index contributed by atoms with van der Waals surface area (Å²) < 4.78 is 32.9. The first kappa shape index (κ1) is 20.8. The minimum absolute atomic E-state index is 0.0557. The molecule has 1 aliphatic rings. The van der Waals surface area contributed by atoms with Crippen LogP contribution in [0.15, 0.2) is 53.4 Å². The minimum Gasteiger partial charge on any atom is -0.477 e. The van der Waals surface area contributed by atoms with E-state index in [0.29, 0.717) is 11.4 Å². The molecule has 0 unspecified atom stereocenters. The molecular formula is C20H23N3O5S. The lowest BCUT2D eigenvalue weighted by molar-refractivity contribution is -0.127. The second-order valence-corrected chi connectivity index (χ2v) is 8.42. The van der Waals surface area contributed by atoms with Gasteiger partial charge in [-0.3, -0.25) is 9.59 Å². The molecule has 0 spiro atoms. The van der Waals surface area contributed by atoms with Gasteiger partial charge in [-0.25, -0.2) is 13.1 Å². The molecule has 0 saturated carbocycles. The van der Waals surface area contributed by atoms with E-state index >= 15 is 0 Å². The number of nitrogens with zero attached hydrogens (tertiary/aromatic N) is 1. The topological polar surface area (TPSA) is 105 Å². The highest BCUT2D eigenvalue weighted by atomic mass is 32.2. The summed E-state index contributed by atoms with van der Waals surface area (Å²) in [6.45, 7) is 1.87. The van der Waals surface area contributed by atoms with Gasteiger partial charge in [0.15, 0.2) is 6.10 Å². The van der Waals surface area contributed by atoms with E-state index in [4.69, 9.17) is 4.74 Å². The summed E-state index contributed by atoms with van der Waals surface area (Å²) in [5.74, 6) is -0.209. The Morgan fingerprint density at radius 1 is 1.14 bits per heavy atom. The van der Waals surface area contributed by atoms with E-state index in [2.05, 4.69) is 10.0 Å². The third-order valence-corrected chi connectivity index (χ3v) is 6.05. The van der Waals surface area contributed by atoms with E-state index in [9.17, 15) is 18.0 Å². The van der Waals surface area contributed by atoms with Gasteiger partial charge in [0.05, 0.1) is 17.1 Å². The molecule has 1 atom stereocenters. The lowest BCUT2D eigenvalue weighted by Gasteiger charge is -2.34. The Morgan fingerprint density at radius 3 is 2.52 bits per heavy atom. The lowest BCUT2D eigenvalue weighted by Crippen LogP contribution is -2.50. The molecule has 0 bridgehead atoms. The quantitative estimate of drug-likeness (QED) is 0.735. The van der Waals surface area contributed by atoms with Crippen LogP contribution in [0.25, 0.3) is 0 Å². The first-order valence-electron chi connectivity index (χ1n) is 9.16. The molecule has 2 amide bonds. The highest BCUT2D eigenvalue weighted by Crippen LogP contribution is 2.33. The SMILES string of the molecule is CNC(=O)[C@@H]1CN(C(=O)CCNS(=O)(=O)c2ccc(C)cc2)c2ccccc2O1. The highest BCUT2D eigenvalue weighted by Gasteiger charge is 2.33. The first-order chi connectivity index (χ1) is 13.8. The van der Waals surface area contributed by atoms with Gasteiger partial charge in [0.2, 0.25) is 15.9 Å². The van der Waals surface area contributed by atoms with Crippen molar-refractivity contribution in [1.29, 1.82) is 0 Å². The number of aryl methyl sites for hydroxylation is 1. The van der Waals surface area contributed by atoms with Gasteiger partial charge in [-0.2, -0.15) is 0 Å². The Morgan fingerprint density at radius 2 is 1.83 bits per heavy atom. The van der Waals surface area contributed by atoms with Gasteiger partial charge in [0, 0.05) is 20.0 Å². The molecule has 9 heteroatoms. The number of para-hydroxylation sites is 2. The van der Waals surface area contributed by atoms with Gasteiger partial charge in [-0.15, -0.1) is 0 Å². The minimum atomic E-state index is -3.70. The Hall–Kier alpha value is -2.91. The Kier molecular flexibility index (Phi) is 6.19. The molecule has 29 heavy (non-hydrogen) atoms. The average Bonchev–Trinajstić information content (AvgIpc) is 2.72. The molecule has 8 nitrogen and oxygen atoms in total. The number of hydrogen-bond acceptors (Lipinski definition) is 5. The molecule has 0 aromatic heterocycles. The summed E-state index contributed by atoms with van der Waals surface area (Å²) in [7, 11) is -2.20. The highest BCUT2D eigenvalue weighted by molar-refractivity contribution is 7.89.